The largest absolute Gasteiger partial charge is 0.474 e. The fourth-order valence-corrected chi connectivity index (χ4v) is 16.9. The Kier molecular flexibility index (Phi) is 20.4. The van der Waals surface area contributed by atoms with Crippen molar-refractivity contribution in [3.8, 4) is 0 Å². The van der Waals surface area contributed by atoms with Crippen LogP contribution in [0.3, 0.4) is 0 Å². The smallest absolute Gasteiger partial charge is 0.261 e. The number of hydrogen-bond donors (Lipinski definition) is 0. The van der Waals surface area contributed by atoms with Crippen molar-refractivity contribution in [2.75, 3.05) is 26.3 Å². The summed E-state index contributed by atoms with van der Waals surface area (Å²) in [5, 5.41) is 0.897. The monoisotopic (exact) mass is 1050 g/mol. The first-order valence-electron chi connectivity index (χ1n) is 24.8. The molecule has 9 nitrogen and oxygen atoms in total. The van der Waals surface area contributed by atoms with Crippen LogP contribution in [-0.4, -0.2) is 83.2 Å². The molecule has 7 rings (SSSR count). The quantitative estimate of drug-likeness (QED) is 0.0251. The van der Waals surface area contributed by atoms with Crippen molar-refractivity contribution in [3.63, 3.8) is 0 Å². The molecular formula is C59H70O9S3Si. The summed E-state index contributed by atoms with van der Waals surface area (Å²) >= 11 is 7.06. The van der Waals surface area contributed by atoms with Crippen molar-refractivity contribution in [2.24, 2.45) is 11.8 Å². The van der Waals surface area contributed by atoms with Crippen molar-refractivity contribution in [1.82, 2.24) is 0 Å². The Morgan fingerprint density at radius 2 is 1.14 bits per heavy atom. The van der Waals surface area contributed by atoms with E-state index in [1.165, 1.54) is 11.8 Å². The van der Waals surface area contributed by atoms with Crippen LogP contribution in [0, 0.1) is 11.8 Å². The van der Waals surface area contributed by atoms with Crippen LogP contribution >= 0.6 is 24.0 Å². The van der Waals surface area contributed by atoms with Gasteiger partial charge in [0, 0.05) is 11.8 Å². The van der Waals surface area contributed by atoms with E-state index in [0.717, 1.165) is 27.1 Å². The zero-order valence-corrected chi connectivity index (χ0v) is 45.7. The number of benzene rings is 6. The van der Waals surface area contributed by atoms with E-state index in [1.807, 2.05) is 129 Å². The number of hydrogen-bond acceptors (Lipinski definition) is 11. The average Bonchev–Trinajstić information content (AvgIpc) is 3.40. The summed E-state index contributed by atoms with van der Waals surface area (Å²) in [6.45, 7) is 11.9. The van der Waals surface area contributed by atoms with Crippen LogP contribution in [-0.2, 0) is 62.5 Å². The van der Waals surface area contributed by atoms with Gasteiger partial charge in [-0.25, -0.2) is 8.42 Å². The maximum absolute atomic E-state index is 15.3. The Labute approximate surface area is 439 Å². The number of thioether (sulfide) groups is 1. The van der Waals surface area contributed by atoms with E-state index in [-0.39, 0.29) is 54.0 Å². The van der Waals surface area contributed by atoms with Gasteiger partial charge in [-0.05, 0) is 76.1 Å². The standard InChI is InChI=1S/C59H70O9S3Si/c1-44(45(2)66-43-62-38-46-25-13-7-14-26-46)57(71(60,61)50-31-19-10-20-32-50)53(68-58(69)70-6)37-49-41-63-54(42-67-72(59(3,4)5,51-33-21-11-22-34-51)52-35-23-12-24-36-52)56(65-40-48-29-17-9-18-30-48)55(49)64-39-47-27-15-8-16-28-47/h7-36,44-45,49,53-57H,37-43H2,1-6H3/t44-,45-,49-,53?,54-,55+,56-,57?/m0/s1. The highest BCUT2D eigenvalue weighted by Gasteiger charge is 2.53. The Bertz CT molecular complexity index is 2590. The third-order valence-corrected chi connectivity index (χ3v) is 22.1. The molecule has 0 spiro atoms. The summed E-state index contributed by atoms with van der Waals surface area (Å²) in [7, 11) is -7.13. The Balaban J connectivity index is 1.27. The molecule has 0 aromatic heterocycles. The van der Waals surface area contributed by atoms with Crippen LogP contribution in [0.25, 0.3) is 0 Å². The summed E-state index contributed by atoms with van der Waals surface area (Å²) in [6.07, 6.45) is -1.35. The molecular weight excluding hydrogens is 977 g/mol. The molecule has 0 radical (unpaired) electrons. The highest BCUT2D eigenvalue weighted by molar-refractivity contribution is 8.22. The van der Waals surface area contributed by atoms with Crippen LogP contribution < -0.4 is 10.4 Å². The molecule has 1 saturated heterocycles. The van der Waals surface area contributed by atoms with Gasteiger partial charge in [0.25, 0.3) is 8.32 Å². The molecule has 72 heavy (non-hydrogen) atoms. The van der Waals surface area contributed by atoms with Gasteiger partial charge < -0.3 is 32.8 Å². The molecule has 1 aliphatic heterocycles. The van der Waals surface area contributed by atoms with Crippen LogP contribution in [0.15, 0.2) is 187 Å². The van der Waals surface area contributed by atoms with Crippen molar-refractivity contribution >= 4 is 56.9 Å². The van der Waals surface area contributed by atoms with Crippen molar-refractivity contribution < 1.29 is 41.3 Å². The van der Waals surface area contributed by atoms with E-state index in [2.05, 4.69) is 69.3 Å². The molecule has 8 atom stereocenters. The summed E-state index contributed by atoms with van der Waals surface area (Å²) in [6, 6.07) is 59.6. The number of sulfone groups is 1. The van der Waals surface area contributed by atoms with Crippen LogP contribution in [0.4, 0.5) is 0 Å². The number of rotatable bonds is 24. The molecule has 6 aromatic rings. The Hall–Kier alpha value is -4.51. The minimum atomic E-state index is -4.10. The van der Waals surface area contributed by atoms with E-state index in [9.17, 15) is 0 Å². The van der Waals surface area contributed by atoms with Crippen LogP contribution in [0.2, 0.25) is 5.04 Å². The second kappa shape index (κ2) is 26.6. The number of thiocarbonyl (C=S) groups is 1. The second-order valence-electron chi connectivity index (χ2n) is 19.5. The van der Waals surface area contributed by atoms with E-state index >= 15 is 8.42 Å². The molecule has 13 heteroatoms. The molecule has 1 aliphatic rings. The second-order valence-corrected chi connectivity index (χ2v) is 27.3. The van der Waals surface area contributed by atoms with Gasteiger partial charge in [-0.3, -0.25) is 0 Å². The average molecular weight is 1050 g/mol. The lowest BCUT2D eigenvalue weighted by Crippen LogP contribution is -2.68. The first-order valence-corrected chi connectivity index (χ1v) is 29.8. The topological polar surface area (TPSA) is 98.8 Å². The van der Waals surface area contributed by atoms with Gasteiger partial charge in [0.2, 0.25) is 4.38 Å². The fraction of sp³-hybridized carbons (Fsp3) is 0.373. The van der Waals surface area contributed by atoms with Gasteiger partial charge >= 0.3 is 0 Å². The third-order valence-electron chi connectivity index (χ3n) is 13.7. The van der Waals surface area contributed by atoms with E-state index in [0.29, 0.717) is 6.61 Å². The van der Waals surface area contributed by atoms with E-state index < -0.39 is 65.8 Å². The van der Waals surface area contributed by atoms with Crippen molar-refractivity contribution in [2.45, 2.75) is 107 Å². The normalized spacial score (nSPS) is 19.2. The molecule has 0 bridgehead atoms. The molecule has 1 heterocycles. The van der Waals surface area contributed by atoms with E-state index in [1.54, 1.807) is 24.3 Å². The molecule has 0 saturated carbocycles. The van der Waals surface area contributed by atoms with Crippen molar-refractivity contribution in [1.29, 1.82) is 0 Å². The van der Waals surface area contributed by atoms with Crippen molar-refractivity contribution in [3.05, 3.63) is 199 Å². The van der Waals surface area contributed by atoms with Crippen LogP contribution in [0.1, 0.15) is 57.7 Å². The molecule has 0 N–H and O–H groups in total. The lowest BCUT2D eigenvalue weighted by atomic mass is 9.84. The molecule has 6 aromatic carbocycles. The fourth-order valence-electron chi connectivity index (χ4n) is 9.81. The first-order chi connectivity index (χ1) is 34.8. The zero-order valence-electron chi connectivity index (χ0n) is 42.3. The minimum absolute atomic E-state index is 0.0308. The third kappa shape index (κ3) is 14.2. The lowest BCUT2D eigenvalue weighted by molar-refractivity contribution is -0.218. The highest BCUT2D eigenvalue weighted by Crippen LogP contribution is 2.40. The molecule has 1 fully saturated rings. The van der Waals surface area contributed by atoms with E-state index in [4.69, 9.17) is 45.1 Å². The molecule has 382 valence electrons. The predicted octanol–water partition coefficient (Wildman–Crippen LogP) is 11.2. The maximum Gasteiger partial charge on any atom is 0.261 e. The summed E-state index contributed by atoms with van der Waals surface area (Å²) in [5.74, 6) is -1.03. The highest BCUT2D eigenvalue weighted by atomic mass is 32.2. The van der Waals surface area contributed by atoms with Crippen LogP contribution in [0.5, 0.6) is 0 Å². The van der Waals surface area contributed by atoms with Gasteiger partial charge in [-0.15, -0.1) is 0 Å². The molecule has 0 aliphatic carbocycles. The first kappa shape index (κ1) is 55.2. The Morgan fingerprint density at radius 3 is 1.62 bits per heavy atom. The van der Waals surface area contributed by atoms with Gasteiger partial charge in [-0.2, -0.15) is 0 Å². The maximum atomic E-state index is 15.3. The summed E-state index contributed by atoms with van der Waals surface area (Å²) < 4.78 is 78.6. The zero-order chi connectivity index (χ0) is 51.0. The summed E-state index contributed by atoms with van der Waals surface area (Å²) in [5.41, 5.74) is 2.98. The minimum Gasteiger partial charge on any atom is -0.474 e. The van der Waals surface area contributed by atoms with Gasteiger partial charge in [0.1, 0.15) is 30.4 Å². The predicted molar refractivity (Wildman–Crippen MR) is 296 cm³/mol. The Morgan fingerprint density at radius 1 is 0.681 bits per heavy atom. The lowest BCUT2D eigenvalue weighted by Gasteiger charge is -2.47. The van der Waals surface area contributed by atoms with Gasteiger partial charge in [0.15, 0.2) is 9.84 Å². The van der Waals surface area contributed by atoms with Gasteiger partial charge in [0.05, 0.1) is 50.1 Å². The molecule has 2 unspecified atom stereocenters. The summed E-state index contributed by atoms with van der Waals surface area (Å²) in [4.78, 5) is 0.180. The number of ether oxygens (including phenoxy) is 6. The molecule has 0 amide bonds. The SMILES string of the molecule is CSC(=S)OC(C[C@H]1CO[C@@H](CO[Si](c2ccccc2)(c2ccccc2)C(C)(C)C)[C@H](OCc2ccccc2)[C@@H]1OCc1ccccc1)C([C@@H](C)[C@H](C)OCOCc1ccccc1)S(=O)(=O)c1ccccc1. The van der Waals surface area contributed by atoms with Gasteiger partial charge in [-0.1, -0.05) is 209 Å².